The summed E-state index contributed by atoms with van der Waals surface area (Å²) in [7, 11) is 1.44. The number of carbonyl (C=O) groups is 1. The quantitative estimate of drug-likeness (QED) is 0.567. The molecule has 0 amide bonds. The van der Waals surface area contributed by atoms with Gasteiger partial charge in [-0.3, -0.25) is 5.09 Å². The lowest BCUT2D eigenvalue weighted by Crippen LogP contribution is -1.92. The number of rotatable bonds is 2. The molecular formula is C4H12NO2P. The molecule has 0 saturated heterocycles. The highest BCUT2D eigenvalue weighted by Gasteiger charge is 1.86. The van der Waals surface area contributed by atoms with Gasteiger partial charge in [0.05, 0.1) is 8.73 Å². The zero-order valence-electron chi connectivity index (χ0n) is 5.36. The van der Waals surface area contributed by atoms with E-state index in [1.807, 2.05) is 13.8 Å². The van der Waals surface area contributed by atoms with E-state index in [1.165, 1.54) is 0 Å². The molecule has 0 aliphatic rings. The summed E-state index contributed by atoms with van der Waals surface area (Å²) < 4.78 is 0. The highest BCUT2D eigenvalue weighted by atomic mass is 31.1. The normalized spacial score (nSPS) is 8.38. The van der Waals surface area contributed by atoms with E-state index in [-0.39, 0.29) is 8.73 Å². The molecule has 0 aliphatic carbocycles. The molecule has 2 N–H and O–H groups in total. The van der Waals surface area contributed by atoms with Crippen LogP contribution >= 0.6 is 8.73 Å². The van der Waals surface area contributed by atoms with Gasteiger partial charge in [0.15, 0.2) is 0 Å². The fraction of sp³-hybridized carbons (Fsp3) is 0.750. The summed E-state index contributed by atoms with van der Waals surface area (Å²) in [5, 5.41) is 10.4. The molecule has 0 aromatic carbocycles. The lowest BCUT2D eigenvalue weighted by molar-refractivity contribution is 0.221. The molecule has 0 spiro atoms. The van der Waals surface area contributed by atoms with Crippen LogP contribution in [0, 0.1) is 0 Å². The van der Waals surface area contributed by atoms with Crippen LogP contribution in [0.25, 0.3) is 0 Å². The highest BCUT2D eigenvalue weighted by molar-refractivity contribution is 7.55. The van der Waals surface area contributed by atoms with E-state index in [0.29, 0.717) is 0 Å². The molecule has 0 saturated carbocycles. The van der Waals surface area contributed by atoms with Gasteiger partial charge in [0.25, 0.3) is 0 Å². The Labute approximate surface area is 51.3 Å². The Bertz CT molecular complexity index is 58.0. The van der Waals surface area contributed by atoms with E-state index in [9.17, 15) is 4.79 Å². The van der Waals surface area contributed by atoms with Crippen molar-refractivity contribution in [1.29, 1.82) is 0 Å². The molecule has 0 aliphatic heterocycles. The second-order valence-electron chi connectivity index (χ2n) is 0.680. The van der Waals surface area contributed by atoms with Crippen LogP contribution in [0.3, 0.4) is 0 Å². The first-order chi connectivity index (χ1) is 3.77. The standard InChI is InChI=1S/C2H6NO2P.C2H6/c1-3-6-2(4)5;1-2/h3,6H,1H3,(H,4,5);1-2H3. The lowest BCUT2D eigenvalue weighted by Gasteiger charge is -1.83. The molecule has 0 rings (SSSR count). The molecule has 0 bridgehead atoms. The van der Waals surface area contributed by atoms with Crippen molar-refractivity contribution < 1.29 is 9.90 Å². The van der Waals surface area contributed by atoms with Crippen molar-refractivity contribution in [2.24, 2.45) is 0 Å². The van der Waals surface area contributed by atoms with Gasteiger partial charge >= 0.3 is 5.71 Å². The van der Waals surface area contributed by atoms with Crippen LogP contribution in [-0.2, 0) is 0 Å². The van der Waals surface area contributed by atoms with Crippen LogP contribution in [-0.4, -0.2) is 17.9 Å². The maximum Gasteiger partial charge on any atom is 0.335 e. The Hall–Kier alpha value is -0.140. The Morgan fingerprint density at radius 1 is 1.62 bits per heavy atom. The lowest BCUT2D eigenvalue weighted by atomic mass is 11.0. The molecule has 50 valence electrons. The third-order valence-corrected chi connectivity index (χ3v) is 0.696. The molecule has 1 atom stereocenters. The molecule has 1 unspecified atom stereocenters. The zero-order valence-corrected chi connectivity index (χ0v) is 6.36. The van der Waals surface area contributed by atoms with Gasteiger partial charge in [-0.2, -0.15) is 0 Å². The van der Waals surface area contributed by atoms with Gasteiger partial charge in [-0.15, -0.1) is 0 Å². The van der Waals surface area contributed by atoms with Crippen molar-refractivity contribution >= 4 is 14.4 Å². The summed E-state index contributed by atoms with van der Waals surface area (Å²) in [5.41, 5.74) is -0.794. The molecule has 0 fully saturated rings. The van der Waals surface area contributed by atoms with Crippen molar-refractivity contribution in [1.82, 2.24) is 5.09 Å². The van der Waals surface area contributed by atoms with Crippen molar-refractivity contribution in [2.75, 3.05) is 7.05 Å². The Kier molecular flexibility index (Phi) is 13.4. The van der Waals surface area contributed by atoms with Gasteiger partial charge in [0.1, 0.15) is 0 Å². The maximum absolute atomic E-state index is 9.55. The Balaban J connectivity index is 0. The smallest absolute Gasteiger partial charge is 0.335 e. The van der Waals surface area contributed by atoms with Gasteiger partial charge in [-0.05, 0) is 7.05 Å². The average molecular weight is 137 g/mol. The van der Waals surface area contributed by atoms with Gasteiger partial charge < -0.3 is 5.11 Å². The van der Waals surface area contributed by atoms with Crippen molar-refractivity contribution in [3.8, 4) is 0 Å². The van der Waals surface area contributed by atoms with Crippen LogP contribution < -0.4 is 5.09 Å². The second kappa shape index (κ2) is 9.97. The first-order valence-corrected chi connectivity index (χ1v) is 3.43. The van der Waals surface area contributed by atoms with Gasteiger partial charge in [-0.25, -0.2) is 4.79 Å². The van der Waals surface area contributed by atoms with Crippen LogP contribution in [0.15, 0.2) is 0 Å². The molecular weight excluding hydrogens is 125 g/mol. The number of hydrogen-bond acceptors (Lipinski definition) is 2. The summed E-state index contributed by atoms with van der Waals surface area (Å²) in [6, 6.07) is 0. The van der Waals surface area contributed by atoms with Crippen molar-refractivity contribution in [3.63, 3.8) is 0 Å². The SMILES string of the molecule is CC.CNPC(=O)O. The van der Waals surface area contributed by atoms with Crippen LogP contribution in [0.1, 0.15) is 13.8 Å². The van der Waals surface area contributed by atoms with Gasteiger partial charge in [0, 0.05) is 0 Å². The number of carboxylic acid groups (broad SMARTS) is 1. The largest absolute Gasteiger partial charge is 0.477 e. The van der Waals surface area contributed by atoms with E-state index in [2.05, 4.69) is 5.09 Å². The van der Waals surface area contributed by atoms with Gasteiger partial charge in [0.2, 0.25) is 0 Å². The predicted molar refractivity (Wildman–Crippen MR) is 36.7 cm³/mol. The zero-order chi connectivity index (χ0) is 6.99. The van der Waals surface area contributed by atoms with E-state index in [4.69, 9.17) is 5.11 Å². The predicted octanol–water partition coefficient (Wildman–Crippen LogP) is 1.50. The minimum absolute atomic E-state index is 0.162. The second-order valence-corrected chi connectivity index (χ2v) is 1.86. The molecule has 0 heterocycles. The molecule has 0 aromatic heterocycles. The Morgan fingerprint density at radius 2 is 2.00 bits per heavy atom. The van der Waals surface area contributed by atoms with Crippen LogP contribution in [0.2, 0.25) is 0 Å². The van der Waals surface area contributed by atoms with E-state index in [1.54, 1.807) is 7.05 Å². The van der Waals surface area contributed by atoms with Crippen molar-refractivity contribution in [3.05, 3.63) is 0 Å². The summed E-state index contributed by atoms with van der Waals surface area (Å²) in [6.07, 6.45) is 0. The van der Waals surface area contributed by atoms with Crippen molar-refractivity contribution in [2.45, 2.75) is 13.8 Å². The van der Waals surface area contributed by atoms with Crippen LogP contribution in [0.5, 0.6) is 0 Å². The number of hydrogen-bond donors (Lipinski definition) is 2. The molecule has 4 heteroatoms. The summed E-state index contributed by atoms with van der Waals surface area (Å²) in [6.45, 7) is 4.00. The molecule has 0 aromatic rings. The summed E-state index contributed by atoms with van der Waals surface area (Å²) in [5.74, 6) is 0. The van der Waals surface area contributed by atoms with Gasteiger partial charge in [-0.1, -0.05) is 13.8 Å². The fourth-order valence-corrected chi connectivity index (χ4v) is 0.321. The topological polar surface area (TPSA) is 49.3 Å². The minimum Gasteiger partial charge on any atom is -0.477 e. The Morgan fingerprint density at radius 3 is 2.00 bits per heavy atom. The summed E-state index contributed by atoms with van der Waals surface area (Å²) in [4.78, 5) is 9.55. The minimum atomic E-state index is -0.794. The summed E-state index contributed by atoms with van der Waals surface area (Å²) >= 11 is 0. The first-order valence-electron chi connectivity index (χ1n) is 2.43. The number of nitrogens with one attached hydrogen (secondary N) is 1. The van der Waals surface area contributed by atoms with E-state index in [0.717, 1.165) is 0 Å². The van der Waals surface area contributed by atoms with E-state index < -0.39 is 5.71 Å². The molecule has 3 nitrogen and oxygen atoms in total. The fourth-order valence-electron chi connectivity index (χ4n) is 0.107. The highest BCUT2D eigenvalue weighted by Crippen LogP contribution is 1.98. The molecule has 0 radical (unpaired) electrons. The van der Waals surface area contributed by atoms with Crippen LogP contribution in [0.4, 0.5) is 4.79 Å². The monoisotopic (exact) mass is 137 g/mol. The molecule has 8 heavy (non-hydrogen) atoms. The average Bonchev–Trinajstić information content (AvgIpc) is 1.72. The third-order valence-electron chi connectivity index (χ3n) is 0.232. The maximum atomic E-state index is 9.55. The first kappa shape index (κ1) is 10.8. The van der Waals surface area contributed by atoms with E-state index >= 15 is 0 Å². The third kappa shape index (κ3) is 16.9.